The maximum atomic E-state index is 13.4. The second kappa shape index (κ2) is 11.6. The van der Waals surface area contributed by atoms with E-state index in [9.17, 15) is 9.59 Å². The molecule has 2 aromatic carbocycles. The van der Waals surface area contributed by atoms with Crippen molar-refractivity contribution < 1.29 is 9.59 Å². The van der Waals surface area contributed by atoms with Crippen LogP contribution >= 0.6 is 46.4 Å². The Labute approximate surface area is 209 Å². The lowest BCUT2D eigenvalue weighted by atomic mass is 10.1. The van der Waals surface area contributed by atoms with Gasteiger partial charge in [-0.2, -0.15) is 0 Å². The third kappa shape index (κ3) is 6.54. The van der Waals surface area contributed by atoms with E-state index in [1.54, 1.807) is 35.2 Å². The van der Waals surface area contributed by atoms with E-state index in [0.29, 0.717) is 32.1 Å². The fraction of sp³-hybridized carbons (Fsp3) is 0.417. The van der Waals surface area contributed by atoms with Crippen LogP contribution in [0.25, 0.3) is 0 Å². The van der Waals surface area contributed by atoms with Crippen molar-refractivity contribution >= 4 is 58.2 Å². The lowest BCUT2D eigenvalue weighted by Crippen LogP contribution is -2.51. The topological polar surface area (TPSA) is 49.4 Å². The fourth-order valence-electron chi connectivity index (χ4n) is 4.05. The van der Waals surface area contributed by atoms with E-state index in [4.69, 9.17) is 46.4 Å². The van der Waals surface area contributed by atoms with Gasteiger partial charge in [0.25, 0.3) is 0 Å². The molecule has 2 amide bonds. The summed E-state index contributed by atoms with van der Waals surface area (Å²) in [5.74, 6) is -0.330. The molecule has 1 unspecified atom stereocenters. The SMILES string of the molecule is CCC(C(=O)NC1CCCC1)N(Cc1ccc(Cl)c(Cl)c1)C(=O)Cc1ccc(Cl)cc1Cl. The van der Waals surface area contributed by atoms with E-state index in [0.717, 1.165) is 31.2 Å². The first-order valence-electron chi connectivity index (χ1n) is 10.8. The summed E-state index contributed by atoms with van der Waals surface area (Å²) >= 11 is 24.5. The minimum atomic E-state index is -0.608. The summed E-state index contributed by atoms with van der Waals surface area (Å²) in [6, 6.07) is 9.83. The highest BCUT2D eigenvalue weighted by atomic mass is 35.5. The molecule has 172 valence electrons. The van der Waals surface area contributed by atoms with Gasteiger partial charge in [0, 0.05) is 22.6 Å². The van der Waals surface area contributed by atoms with Gasteiger partial charge in [0.05, 0.1) is 16.5 Å². The van der Waals surface area contributed by atoms with Crippen molar-refractivity contribution in [2.45, 2.75) is 64.1 Å². The minimum absolute atomic E-state index is 0.0601. The Hall–Kier alpha value is -1.46. The number of carbonyl (C=O) groups excluding carboxylic acids is 2. The summed E-state index contributed by atoms with van der Waals surface area (Å²) < 4.78 is 0. The summed E-state index contributed by atoms with van der Waals surface area (Å²) in [6.45, 7) is 2.14. The van der Waals surface area contributed by atoms with Crippen molar-refractivity contribution in [2.24, 2.45) is 0 Å². The van der Waals surface area contributed by atoms with Gasteiger partial charge in [-0.05, 0) is 54.7 Å². The summed E-state index contributed by atoms with van der Waals surface area (Å²) in [5.41, 5.74) is 1.45. The van der Waals surface area contributed by atoms with Crippen molar-refractivity contribution in [3.8, 4) is 0 Å². The fourth-order valence-corrected chi connectivity index (χ4v) is 4.85. The van der Waals surface area contributed by atoms with Crippen molar-refractivity contribution in [3.63, 3.8) is 0 Å². The van der Waals surface area contributed by atoms with Crippen molar-refractivity contribution in [3.05, 3.63) is 67.6 Å². The number of nitrogens with one attached hydrogen (secondary N) is 1. The van der Waals surface area contributed by atoms with E-state index >= 15 is 0 Å². The van der Waals surface area contributed by atoms with E-state index in [-0.39, 0.29) is 30.8 Å². The van der Waals surface area contributed by atoms with Gasteiger partial charge in [0.2, 0.25) is 11.8 Å². The van der Waals surface area contributed by atoms with Gasteiger partial charge in [0.1, 0.15) is 6.04 Å². The molecule has 0 saturated heterocycles. The molecule has 1 aliphatic carbocycles. The van der Waals surface area contributed by atoms with E-state index in [1.165, 1.54) is 0 Å². The molecule has 4 nitrogen and oxygen atoms in total. The lowest BCUT2D eigenvalue weighted by molar-refractivity contribution is -0.141. The molecule has 1 aliphatic rings. The van der Waals surface area contributed by atoms with Crippen LogP contribution < -0.4 is 5.32 Å². The summed E-state index contributed by atoms with van der Waals surface area (Å²) in [5, 5.41) is 4.89. The average Bonchev–Trinajstić information content (AvgIpc) is 3.25. The van der Waals surface area contributed by atoms with Crippen LogP contribution in [0, 0.1) is 0 Å². The number of hydrogen-bond donors (Lipinski definition) is 1. The van der Waals surface area contributed by atoms with Gasteiger partial charge in [-0.1, -0.05) is 78.3 Å². The second-order valence-electron chi connectivity index (χ2n) is 8.10. The quantitative estimate of drug-likeness (QED) is 0.424. The maximum absolute atomic E-state index is 13.4. The molecule has 0 radical (unpaired) electrons. The molecule has 0 aliphatic heterocycles. The first-order chi connectivity index (χ1) is 15.3. The average molecular weight is 516 g/mol. The van der Waals surface area contributed by atoms with Crippen LogP contribution in [0.4, 0.5) is 0 Å². The third-order valence-corrected chi connectivity index (χ3v) is 7.11. The van der Waals surface area contributed by atoms with Crippen LogP contribution in [0.1, 0.15) is 50.2 Å². The highest BCUT2D eigenvalue weighted by Gasteiger charge is 2.31. The number of benzene rings is 2. The summed E-state index contributed by atoms with van der Waals surface area (Å²) in [4.78, 5) is 28.2. The standard InChI is InChI=1S/C24H26Cl4N2O2/c1-2-22(24(32)29-18-5-3-4-6-18)30(14-15-7-10-19(26)21(28)11-15)23(31)12-16-8-9-17(25)13-20(16)27/h7-11,13,18,22H,2-6,12,14H2,1H3,(H,29,32). The van der Waals surface area contributed by atoms with E-state index < -0.39 is 6.04 Å². The normalized spacial score (nSPS) is 14.9. The number of hydrogen-bond acceptors (Lipinski definition) is 2. The molecule has 0 heterocycles. The molecule has 1 atom stereocenters. The number of nitrogens with zero attached hydrogens (tertiary/aromatic N) is 1. The molecule has 3 rings (SSSR count). The first-order valence-corrected chi connectivity index (χ1v) is 12.3. The van der Waals surface area contributed by atoms with Crippen LogP contribution in [-0.4, -0.2) is 28.8 Å². The van der Waals surface area contributed by atoms with Gasteiger partial charge in [0.15, 0.2) is 0 Å². The van der Waals surface area contributed by atoms with Crippen molar-refractivity contribution in [1.82, 2.24) is 10.2 Å². The summed E-state index contributed by atoms with van der Waals surface area (Å²) in [6.07, 6.45) is 4.72. The molecule has 8 heteroatoms. The third-order valence-electron chi connectivity index (χ3n) is 5.78. The molecular formula is C24H26Cl4N2O2. The Morgan fingerprint density at radius 1 is 1.00 bits per heavy atom. The monoisotopic (exact) mass is 514 g/mol. The lowest BCUT2D eigenvalue weighted by Gasteiger charge is -2.32. The van der Waals surface area contributed by atoms with Crippen LogP contribution in [0.2, 0.25) is 20.1 Å². The zero-order valence-electron chi connectivity index (χ0n) is 17.8. The molecule has 0 bridgehead atoms. The first kappa shape index (κ1) is 25.2. The number of rotatable bonds is 8. The van der Waals surface area contributed by atoms with E-state index in [2.05, 4.69) is 5.32 Å². The predicted molar refractivity (Wildman–Crippen MR) is 132 cm³/mol. The largest absolute Gasteiger partial charge is 0.352 e. The number of amides is 2. The van der Waals surface area contributed by atoms with Gasteiger partial charge < -0.3 is 10.2 Å². The Morgan fingerprint density at radius 2 is 1.72 bits per heavy atom. The molecule has 1 saturated carbocycles. The van der Waals surface area contributed by atoms with Crippen LogP contribution in [0.5, 0.6) is 0 Å². The molecule has 2 aromatic rings. The zero-order valence-corrected chi connectivity index (χ0v) is 20.9. The van der Waals surface area contributed by atoms with Crippen LogP contribution in [0.3, 0.4) is 0 Å². The van der Waals surface area contributed by atoms with Crippen molar-refractivity contribution in [1.29, 1.82) is 0 Å². The van der Waals surface area contributed by atoms with E-state index in [1.807, 2.05) is 13.0 Å². The van der Waals surface area contributed by atoms with Crippen LogP contribution in [0.15, 0.2) is 36.4 Å². The Bertz CT molecular complexity index is 976. The maximum Gasteiger partial charge on any atom is 0.243 e. The second-order valence-corrected chi connectivity index (χ2v) is 9.75. The minimum Gasteiger partial charge on any atom is -0.352 e. The van der Waals surface area contributed by atoms with Gasteiger partial charge in [-0.25, -0.2) is 0 Å². The Morgan fingerprint density at radius 3 is 2.34 bits per heavy atom. The number of halogens is 4. The van der Waals surface area contributed by atoms with Crippen molar-refractivity contribution in [2.75, 3.05) is 0 Å². The highest BCUT2D eigenvalue weighted by molar-refractivity contribution is 6.42. The van der Waals surface area contributed by atoms with Gasteiger partial charge in [-0.3, -0.25) is 9.59 Å². The van der Waals surface area contributed by atoms with Crippen LogP contribution in [-0.2, 0) is 22.6 Å². The molecule has 32 heavy (non-hydrogen) atoms. The molecule has 0 spiro atoms. The Kier molecular flexibility index (Phi) is 9.13. The molecule has 1 fully saturated rings. The predicted octanol–water partition coefficient (Wildman–Crippen LogP) is 6.71. The number of carbonyl (C=O) groups is 2. The zero-order chi connectivity index (χ0) is 23.3. The van der Waals surface area contributed by atoms with Gasteiger partial charge in [-0.15, -0.1) is 0 Å². The summed E-state index contributed by atoms with van der Waals surface area (Å²) in [7, 11) is 0. The van der Waals surface area contributed by atoms with Gasteiger partial charge >= 0.3 is 0 Å². The molecule has 0 aromatic heterocycles. The highest BCUT2D eigenvalue weighted by Crippen LogP contribution is 2.26. The smallest absolute Gasteiger partial charge is 0.243 e. The molecule has 1 N–H and O–H groups in total. The molecular weight excluding hydrogens is 490 g/mol. The Balaban J connectivity index is 1.86.